The van der Waals surface area contributed by atoms with Crippen molar-refractivity contribution in [3.63, 3.8) is 0 Å². The van der Waals surface area contributed by atoms with Gasteiger partial charge in [0, 0.05) is 23.5 Å². The molecule has 3 rings (SSSR count). The first-order valence-electron chi connectivity index (χ1n) is 9.75. The number of carbonyl (C=O) groups excluding carboxylic acids is 3. The van der Waals surface area contributed by atoms with E-state index >= 15 is 0 Å². The predicted molar refractivity (Wildman–Crippen MR) is 107 cm³/mol. The van der Waals surface area contributed by atoms with E-state index in [9.17, 15) is 14.4 Å². The van der Waals surface area contributed by atoms with Crippen LogP contribution in [-0.2, 0) is 16.9 Å². The number of nitrogens with zero attached hydrogens (tertiary/aromatic N) is 2. The fourth-order valence-corrected chi connectivity index (χ4v) is 4.01. The number of urea groups is 1. The molecule has 28 heavy (non-hydrogen) atoms. The van der Waals surface area contributed by atoms with E-state index in [0.717, 1.165) is 34.8 Å². The summed E-state index contributed by atoms with van der Waals surface area (Å²) in [5.41, 5.74) is 2.07. The lowest BCUT2D eigenvalue weighted by Gasteiger charge is -2.25. The first-order chi connectivity index (χ1) is 13.4. The number of amides is 3. The zero-order valence-corrected chi connectivity index (χ0v) is 16.9. The Balaban J connectivity index is 1.87. The van der Waals surface area contributed by atoms with Gasteiger partial charge in [-0.05, 0) is 38.3 Å². The van der Waals surface area contributed by atoms with Gasteiger partial charge in [0.2, 0.25) is 0 Å². The maximum atomic E-state index is 13.2. The molecule has 0 spiro atoms. The number of carbonyl (C=O) groups is 3. The van der Waals surface area contributed by atoms with Gasteiger partial charge in [-0.1, -0.05) is 44.2 Å². The third-order valence-electron chi connectivity index (χ3n) is 5.60. The molecule has 1 aromatic heterocycles. The van der Waals surface area contributed by atoms with E-state index in [2.05, 4.69) is 16.8 Å². The molecule has 1 atom stereocenters. The molecule has 148 valence electrons. The lowest BCUT2D eigenvalue weighted by molar-refractivity contribution is -0.131. The normalized spacial score (nSPS) is 19.2. The number of hydrogen-bond acceptors (Lipinski definition) is 3. The van der Waals surface area contributed by atoms with Gasteiger partial charge in [0.05, 0.1) is 6.54 Å². The minimum Gasteiger partial charge on any atom is -0.348 e. The molecule has 0 bridgehead atoms. The molecule has 0 aliphatic carbocycles. The summed E-state index contributed by atoms with van der Waals surface area (Å²) in [7, 11) is 0. The number of aryl methyl sites for hydroxylation is 1. The van der Waals surface area contributed by atoms with E-state index < -0.39 is 11.6 Å². The predicted octanol–water partition coefficient (Wildman–Crippen LogP) is 3.55. The molecule has 1 aliphatic heterocycles. The number of nitrogens with one attached hydrogen (secondary N) is 1. The highest BCUT2D eigenvalue weighted by Gasteiger charge is 2.51. The zero-order valence-electron chi connectivity index (χ0n) is 16.9. The van der Waals surface area contributed by atoms with Crippen molar-refractivity contribution in [3.8, 4) is 0 Å². The second-order valence-corrected chi connectivity index (χ2v) is 7.31. The molecule has 0 unspecified atom stereocenters. The molecule has 1 N–H and O–H groups in total. The summed E-state index contributed by atoms with van der Waals surface area (Å²) in [5, 5.41) is 2.82. The summed E-state index contributed by atoms with van der Waals surface area (Å²) in [5.74, 6) is -0.596. The molecule has 3 amide bonds. The van der Waals surface area contributed by atoms with Gasteiger partial charge < -0.3 is 9.88 Å². The van der Waals surface area contributed by atoms with Gasteiger partial charge in [-0.25, -0.2) is 4.79 Å². The summed E-state index contributed by atoms with van der Waals surface area (Å²) in [6, 6.07) is 10.5. The topological polar surface area (TPSA) is 71.4 Å². The fourth-order valence-electron chi connectivity index (χ4n) is 4.01. The highest BCUT2D eigenvalue weighted by atomic mass is 16.2. The van der Waals surface area contributed by atoms with Crippen LogP contribution in [-0.4, -0.2) is 33.7 Å². The number of aromatic nitrogens is 1. The van der Waals surface area contributed by atoms with Crippen molar-refractivity contribution in [2.24, 2.45) is 0 Å². The summed E-state index contributed by atoms with van der Waals surface area (Å²) in [6.45, 7) is 8.39. The van der Waals surface area contributed by atoms with Gasteiger partial charge in [-0.3, -0.25) is 14.5 Å². The Kier molecular flexibility index (Phi) is 5.40. The van der Waals surface area contributed by atoms with E-state index in [1.54, 1.807) is 0 Å². The summed E-state index contributed by atoms with van der Waals surface area (Å²) < 4.78 is 2.10. The second-order valence-electron chi connectivity index (χ2n) is 7.31. The van der Waals surface area contributed by atoms with Gasteiger partial charge >= 0.3 is 6.03 Å². The third kappa shape index (κ3) is 3.13. The molecule has 1 aliphatic rings. The number of Topliss-reactive ketones (excluding diaryl/α,β-unsaturated/α-hetero) is 1. The Morgan fingerprint density at radius 3 is 2.39 bits per heavy atom. The number of imide groups is 1. The lowest BCUT2D eigenvalue weighted by Crippen LogP contribution is -2.43. The van der Waals surface area contributed by atoms with E-state index in [1.165, 1.54) is 0 Å². The molecule has 0 radical (unpaired) electrons. The molecule has 2 heterocycles. The third-order valence-corrected chi connectivity index (χ3v) is 5.60. The minimum atomic E-state index is -1.11. The van der Waals surface area contributed by atoms with Gasteiger partial charge in [0.25, 0.3) is 5.91 Å². The summed E-state index contributed by atoms with van der Waals surface area (Å²) in [4.78, 5) is 39.8. The van der Waals surface area contributed by atoms with Crippen molar-refractivity contribution in [1.82, 2.24) is 14.8 Å². The van der Waals surface area contributed by atoms with Gasteiger partial charge in [-0.2, -0.15) is 0 Å². The second kappa shape index (κ2) is 7.62. The van der Waals surface area contributed by atoms with Crippen LogP contribution in [0.5, 0.6) is 0 Å². The van der Waals surface area contributed by atoms with Crippen molar-refractivity contribution in [1.29, 1.82) is 0 Å². The number of rotatable bonds is 7. The van der Waals surface area contributed by atoms with E-state index in [1.807, 2.05) is 57.2 Å². The Labute approximate surface area is 165 Å². The Bertz CT molecular complexity index is 917. The van der Waals surface area contributed by atoms with Crippen LogP contribution in [0, 0.1) is 13.8 Å². The van der Waals surface area contributed by atoms with Gasteiger partial charge in [0.1, 0.15) is 5.54 Å². The lowest BCUT2D eigenvalue weighted by atomic mass is 9.87. The van der Waals surface area contributed by atoms with Crippen LogP contribution >= 0.6 is 0 Å². The Hall–Kier alpha value is -2.89. The molecule has 6 nitrogen and oxygen atoms in total. The van der Waals surface area contributed by atoms with Gasteiger partial charge in [0.15, 0.2) is 5.78 Å². The quantitative estimate of drug-likeness (QED) is 0.589. The average Bonchev–Trinajstić information content (AvgIpc) is 3.11. The van der Waals surface area contributed by atoms with E-state index in [0.29, 0.717) is 12.0 Å². The maximum Gasteiger partial charge on any atom is 0.325 e. The highest BCUT2D eigenvalue weighted by Crippen LogP contribution is 2.32. The molecule has 1 saturated heterocycles. The van der Waals surface area contributed by atoms with Crippen molar-refractivity contribution in [3.05, 3.63) is 58.9 Å². The van der Waals surface area contributed by atoms with Gasteiger partial charge in [-0.15, -0.1) is 0 Å². The smallest absolute Gasteiger partial charge is 0.325 e. The zero-order chi connectivity index (χ0) is 20.5. The Morgan fingerprint density at radius 2 is 1.79 bits per heavy atom. The Morgan fingerprint density at radius 1 is 1.11 bits per heavy atom. The summed E-state index contributed by atoms with van der Waals surface area (Å²) in [6.07, 6.45) is 1.38. The van der Waals surface area contributed by atoms with Crippen molar-refractivity contribution in [2.75, 3.05) is 6.54 Å². The van der Waals surface area contributed by atoms with Crippen molar-refractivity contribution < 1.29 is 14.4 Å². The first-order valence-corrected chi connectivity index (χ1v) is 9.75. The highest BCUT2D eigenvalue weighted by molar-refractivity contribution is 6.11. The van der Waals surface area contributed by atoms with Crippen LogP contribution in [0.4, 0.5) is 4.79 Å². The molecule has 6 heteroatoms. The van der Waals surface area contributed by atoms with Crippen LogP contribution in [0.2, 0.25) is 0 Å². The van der Waals surface area contributed by atoms with E-state index in [4.69, 9.17) is 0 Å². The van der Waals surface area contributed by atoms with Crippen molar-refractivity contribution >= 4 is 17.7 Å². The average molecular weight is 381 g/mol. The first kappa shape index (κ1) is 19.9. The maximum absolute atomic E-state index is 13.2. The van der Waals surface area contributed by atoms with Crippen molar-refractivity contribution in [2.45, 2.75) is 52.6 Å². The summed E-state index contributed by atoms with van der Waals surface area (Å²) >= 11 is 0. The van der Waals surface area contributed by atoms with Crippen LogP contribution in [0.1, 0.15) is 54.0 Å². The molecule has 1 aromatic carbocycles. The standard InChI is InChI=1S/C22H27N3O3/c1-5-12-24-15(3)13-18(16(24)4)19(26)14-25-20(27)22(6-2,23-21(25)28)17-10-8-7-9-11-17/h7-11,13H,5-6,12,14H2,1-4H3,(H,23,28)/t22-/m1/s1. The minimum absolute atomic E-state index is 0.223. The number of benzene rings is 1. The van der Waals surface area contributed by atoms with E-state index in [-0.39, 0.29) is 18.2 Å². The fraction of sp³-hybridized carbons (Fsp3) is 0.409. The molecular weight excluding hydrogens is 354 g/mol. The molecule has 2 aromatic rings. The monoisotopic (exact) mass is 381 g/mol. The molecule has 1 fully saturated rings. The largest absolute Gasteiger partial charge is 0.348 e. The van der Waals surface area contributed by atoms with Crippen LogP contribution in [0.25, 0.3) is 0 Å². The molecular formula is C22H27N3O3. The number of ketones is 1. The van der Waals surface area contributed by atoms with Crippen LogP contribution in [0.15, 0.2) is 36.4 Å². The molecule has 0 saturated carbocycles. The number of hydrogen-bond donors (Lipinski definition) is 1. The van der Waals surface area contributed by atoms with Crippen LogP contribution in [0.3, 0.4) is 0 Å². The SMILES string of the molecule is CCCn1c(C)cc(C(=O)CN2C(=O)N[C@](CC)(c3ccccc3)C2=O)c1C. The van der Waals surface area contributed by atoms with Crippen LogP contribution < -0.4 is 5.32 Å².